The molecular weight excluding hydrogens is 330 g/mol. The Labute approximate surface area is 142 Å². The van der Waals surface area contributed by atoms with Crippen LogP contribution in [0.3, 0.4) is 0 Å². The Morgan fingerprint density at radius 2 is 1.92 bits per heavy atom. The second-order valence-electron chi connectivity index (χ2n) is 5.26. The largest absolute Gasteiger partial charge is 0.452 e. The van der Waals surface area contributed by atoms with Crippen molar-refractivity contribution in [1.82, 2.24) is 10.1 Å². The summed E-state index contributed by atoms with van der Waals surface area (Å²) in [7, 11) is 0. The van der Waals surface area contributed by atoms with Crippen LogP contribution in [0.25, 0.3) is 11.4 Å². The molecule has 0 atom stereocenters. The van der Waals surface area contributed by atoms with Gasteiger partial charge in [0.15, 0.2) is 6.61 Å². The number of hydrogen-bond acceptors (Lipinski definition) is 5. The van der Waals surface area contributed by atoms with E-state index >= 15 is 0 Å². The molecule has 0 saturated heterocycles. The zero-order valence-electron chi connectivity index (χ0n) is 13.3. The Morgan fingerprint density at radius 3 is 2.60 bits per heavy atom. The maximum absolute atomic E-state index is 13.5. The van der Waals surface area contributed by atoms with E-state index in [0.29, 0.717) is 11.9 Å². The Balaban J connectivity index is 1.66. The summed E-state index contributed by atoms with van der Waals surface area (Å²) in [5.41, 5.74) is 1.59. The highest BCUT2D eigenvalue weighted by molar-refractivity contribution is 5.89. The topological polar surface area (TPSA) is 65.2 Å². The summed E-state index contributed by atoms with van der Waals surface area (Å²) in [5, 5.41) is 3.82. The zero-order valence-corrected chi connectivity index (χ0v) is 13.3. The molecule has 7 heteroatoms. The first-order valence-electron chi connectivity index (χ1n) is 7.61. The summed E-state index contributed by atoms with van der Waals surface area (Å²) in [4.78, 5) is 16.0. The number of halogens is 2. The van der Waals surface area contributed by atoms with Crippen molar-refractivity contribution < 1.29 is 22.8 Å². The highest BCUT2D eigenvalue weighted by Gasteiger charge is 2.16. The number of hydrogen-bond donors (Lipinski definition) is 0. The number of nitrogens with zero attached hydrogens (tertiary/aromatic N) is 2. The SMILES string of the molecule is CCc1ccc(-c2noc(COC(=O)c3ccc(F)cc3F)n2)cc1. The Hall–Kier alpha value is -3.09. The van der Waals surface area contributed by atoms with E-state index in [0.717, 1.165) is 24.1 Å². The van der Waals surface area contributed by atoms with Gasteiger partial charge in [-0.25, -0.2) is 13.6 Å². The van der Waals surface area contributed by atoms with Gasteiger partial charge in [0.25, 0.3) is 5.89 Å². The second kappa shape index (κ2) is 7.21. The fourth-order valence-electron chi connectivity index (χ4n) is 2.18. The van der Waals surface area contributed by atoms with Crippen molar-refractivity contribution in [2.75, 3.05) is 0 Å². The number of carbonyl (C=O) groups is 1. The normalized spacial score (nSPS) is 10.7. The lowest BCUT2D eigenvalue weighted by Crippen LogP contribution is -2.08. The molecule has 5 nitrogen and oxygen atoms in total. The van der Waals surface area contributed by atoms with E-state index in [-0.39, 0.29) is 18.1 Å². The third-order valence-corrected chi connectivity index (χ3v) is 3.57. The summed E-state index contributed by atoms with van der Waals surface area (Å²) >= 11 is 0. The Bertz CT molecular complexity index is 892. The Morgan fingerprint density at radius 1 is 1.16 bits per heavy atom. The number of benzene rings is 2. The number of aryl methyl sites for hydroxylation is 1. The van der Waals surface area contributed by atoms with Gasteiger partial charge in [0.1, 0.15) is 11.6 Å². The van der Waals surface area contributed by atoms with Gasteiger partial charge < -0.3 is 9.26 Å². The molecule has 0 aliphatic rings. The average Bonchev–Trinajstić information content (AvgIpc) is 3.09. The molecule has 0 fully saturated rings. The third-order valence-electron chi connectivity index (χ3n) is 3.57. The van der Waals surface area contributed by atoms with Crippen LogP contribution in [0.4, 0.5) is 8.78 Å². The number of carbonyl (C=O) groups excluding carboxylic acids is 1. The summed E-state index contributed by atoms with van der Waals surface area (Å²) in [6, 6.07) is 10.3. The minimum Gasteiger partial charge on any atom is -0.452 e. The van der Waals surface area contributed by atoms with Crippen LogP contribution < -0.4 is 0 Å². The van der Waals surface area contributed by atoms with Gasteiger partial charge in [-0.05, 0) is 24.1 Å². The van der Waals surface area contributed by atoms with E-state index in [2.05, 4.69) is 17.1 Å². The molecule has 0 saturated carbocycles. The van der Waals surface area contributed by atoms with Gasteiger partial charge in [0.05, 0.1) is 5.56 Å². The van der Waals surface area contributed by atoms with Gasteiger partial charge in [-0.3, -0.25) is 0 Å². The molecule has 0 spiro atoms. The zero-order chi connectivity index (χ0) is 17.8. The van der Waals surface area contributed by atoms with Crippen molar-refractivity contribution >= 4 is 5.97 Å². The van der Waals surface area contributed by atoms with Crippen LogP contribution in [0.15, 0.2) is 47.0 Å². The molecule has 3 rings (SSSR count). The molecule has 0 amide bonds. The van der Waals surface area contributed by atoms with E-state index in [1.54, 1.807) is 0 Å². The lowest BCUT2D eigenvalue weighted by Gasteiger charge is -2.03. The van der Waals surface area contributed by atoms with Crippen molar-refractivity contribution in [2.45, 2.75) is 20.0 Å². The van der Waals surface area contributed by atoms with Crippen LogP contribution in [0, 0.1) is 11.6 Å². The smallest absolute Gasteiger partial charge is 0.341 e. The van der Waals surface area contributed by atoms with E-state index in [1.807, 2.05) is 24.3 Å². The molecule has 0 aliphatic carbocycles. The molecule has 0 unspecified atom stereocenters. The highest BCUT2D eigenvalue weighted by Crippen LogP contribution is 2.18. The number of aromatic nitrogens is 2. The van der Waals surface area contributed by atoms with Crippen molar-refractivity contribution in [3.05, 3.63) is 71.1 Å². The van der Waals surface area contributed by atoms with Crippen molar-refractivity contribution in [1.29, 1.82) is 0 Å². The predicted octanol–water partition coefficient (Wildman–Crippen LogP) is 3.93. The molecule has 0 radical (unpaired) electrons. The Kier molecular flexibility index (Phi) is 4.83. The lowest BCUT2D eigenvalue weighted by molar-refractivity contribution is 0.0424. The van der Waals surface area contributed by atoms with Crippen LogP contribution in [0.1, 0.15) is 28.7 Å². The fraction of sp³-hybridized carbons (Fsp3) is 0.167. The van der Waals surface area contributed by atoms with Gasteiger partial charge in [-0.15, -0.1) is 0 Å². The van der Waals surface area contributed by atoms with E-state index in [1.165, 1.54) is 5.56 Å². The average molecular weight is 344 g/mol. The van der Waals surface area contributed by atoms with E-state index in [4.69, 9.17) is 9.26 Å². The van der Waals surface area contributed by atoms with Gasteiger partial charge in [-0.2, -0.15) is 4.98 Å². The summed E-state index contributed by atoms with van der Waals surface area (Å²) in [6.07, 6.45) is 0.924. The predicted molar refractivity (Wildman–Crippen MR) is 84.6 cm³/mol. The van der Waals surface area contributed by atoms with Gasteiger partial charge >= 0.3 is 5.97 Å². The summed E-state index contributed by atoms with van der Waals surface area (Å²) < 4.78 is 36.3. The van der Waals surface area contributed by atoms with Crippen LogP contribution in [0.5, 0.6) is 0 Å². The van der Waals surface area contributed by atoms with Crippen LogP contribution in [-0.2, 0) is 17.8 Å². The second-order valence-corrected chi connectivity index (χ2v) is 5.26. The van der Waals surface area contributed by atoms with E-state index < -0.39 is 17.6 Å². The molecule has 0 aliphatic heterocycles. The summed E-state index contributed by atoms with van der Waals surface area (Å²) in [5.74, 6) is -2.27. The number of rotatable bonds is 5. The lowest BCUT2D eigenvalue weighted by atomic mass is 10.1. The van der Waals surface area contributed by atoms with Crippen LogP contribution in [-0.4, -0.2) is 16.1 Å². The van der Waals surface area contributed by atoms with Crippen LogP contribution >= 0.6 is 0 Å². The molecule has 0 N–H and O–H groups in total. The first-order valence-corrected chi connectivity index (χ1v) is 7.61. The van der Waals surface area contributed by atoms with Crippen molar-refractivity contribution in [2.24, 2.45) is 0 Å². The minimum absolute atomic E-state index is 0.0745. The van der Waals surface area contributed by atoms with Gasteiger partial charge in [0.2, 0.25) is 5.82 Å². The molecule has 25 heavy (non-hydrogen) atoms. The quantitative estimate of drug-likeness (QED) is 0.656. The molecule has 128 valence electrons. The number of ether oxygens (including phenoxy) is 1. The molecular formula is C18H14F2N2O3. The molecule has 1 aromatic heterocycles. The molecule has 0 bridgehead atoms. The first kappa shape index (κ1) is 16.8. The third kappa shape index (κ3) is 3.88. The van der Waals surface area contributed by atoms with Crippen LogP contribution in [0.2, 0.25) is 0 Å². The maximum atomic E-state index is 13.5. The highest BCUT2D eigenvalue weighted by atomic mass is 19.1. The van der Waals surface area contributed by atoms with Gasteiger partial charge in [0, 0.05) is 11.6 Å². The molecule has 3 aromatic rings. The van der Waals surface area contributed by atoms with E-state index in [9.17, 15) is 13.6 Å². The maximum Gasteiger partial charge on any atom is 0.341 e. The summed E-state index contributed by atoms with van der Waals surface area (Å²) in [6.45, 7) is 1.75. The molecule has 1 heterocycles. The van der Waals surface area contributed by atoms with Crippen molar-refractivity contribution in [3.8, 4) is 11.4 Å². The first-order chi connectivity index (χ1) is 12.1. The van der Waals surface area contributed by atoms with Gasteiger partial charge in [-0.1, -0.05) is 36.3 Å². The minimum atomic E-state index is -0.993. The standard InChI is InChI=1S/C18H14F2N2O3/c1-2-11-3-5-12(6-4-11)17-21-16(25-22-17)10-24-18(23)14-8-7-13(19)9-15(14)20/h3-9H,2,10H2,1H3. The fourth-order valence-corrected chi connectivity index (χ4v) is 2.18. The number of esters is 1. The van der Waals surface area contributed by atoms with Crippen molar-refractivity contribution in [3.63, 3.8) is 0 Å². The molecule has 2 aromatic carbocycles. The monoisotopic (exact) mass is 344 g/mol.